The summed E-state index contributed by atoms with van der Waals surface area (Å²) in [6.45, 7) is 3.66. The van der Waals surface area contributed by atoms with Crippen molar-refractivity contribution < 1.29 is 4.74 Å². The molecule has 1 aliphatic rings. The maximum atomic E-state index is 5.11. The molecule has 0 spiro atoms. The molecule has 1 fully saturated rings. The lowest BCUT2D eigenvalue weighted by atomic mass is 10.0. The van der Waals surface area contributed by atoms with E-state index in [1.54, 1.807) is 7.11 Å². The lowest BCUT2D eigenvalue weighted by Crippen LogP contribution is -2.09. The predicted octanol–water partition coefficient (Wildman–Crippen LogP) is 2.75. The average Bonchev–Trinajstić information content (AvgIpc) is 2.90. The van der Waals surface area contributed by atoms with Crippen molar-refractivity contribution in [3.05, 3.63) is 17.6 Å². The second-order valence-corrected chi connectivity index (χ2v) is 4.85. The first-order valence-electron chi connectivity index (χ1n) is 6.94. The second kappa shape index (κ2) is 6.69. The van der Waals surface area contributed by atoms with E-state index in [0.717, 1.165) is 24.6 Å². The van der Waals surface area contributed by atoms with Gasteiger partial charge in [-0.2, -0.15) is 0 Å². The Morgan fingerprint density at radius 2 is 2.11 bits per heavy atom. The van der Waals surface area contributed by atoms with Gasteiger partial charge >= 0.3 is 0 Å². The molecule has 0 radical (unpaired) electrons. The van der Waals surface area contributed by atoms with E-state index < -0.39 is 0 Å². The summed E-state index contributed by atoms with van der Waals surface area (Å²) < 4.78 is 5.11. The Bertz CT molecular complexity index is 375. The van der Waals surface area contributed by atoms with Crippen LogP contribution in [0.2, 0.25) is 0 Å². The van der Waals surface area contributed by atoms with Gasteiger partial charge in [0.1, 0.15) is 11.6 Å². The molecule has 0 amide bonds. The van der Waals surface area contributed by atoms with Gasteiger partial charge in [-0.15, -0.1) is 0 Å². The van der Waals surface area contributed by atoms with E-state index in [2.05, 4.69) is 23.3 Å². The molecule has 0 saturated heterocycles. The number of nitrogens with zero attached hydrogens (tertiary/aromatic N) is 2. The Hall–Kier alpha value is -1.16. The van der Waals surface area contributed by atoms with Gasteiger partial charge in [0.25, 0.3) is 0 Å². The summed E-state index contributed by atoms with van der Waals surface area (Å²) in [5.41, 5.74) is 1.21. The predicted molar refractivity (Wildman–Crippen MR) is 73.0 cm³/mol. The molecule has 4 heteroatoms. The Kier molecular flexibility index (Phi) is 4.93. The maximum Gasteiger partial charge on any atom is 0.133 e. The highest BCUT2D eigenvalue weighted by Gasteiger charge is 2.19. The van der Waals surface area contributed by atoms with Gasteiger partial charge in [-0.3, -0.25) is 0 Å². The zero-order chi connectivity index (χ0) is 12.8. The van der Waals surface area contributed by atoms with E-state index in [1.165, 1.54) is 31.4 Å². The molecule has 1 saturated carbocycles. The number of anilines is 1. The molecule has 0 unspecified atom stereocenters. The molecular formula is C14H23N3O. The molecule has 0 aromatic carbocycles. The SMILES string of the molecule is CCNc1cc(C2CCCC2)nc(CCOC)n1. The van der Waals surface area contributed by atoms with Gasteiger partial charge in [0.05, 0.1) is 6.61 Å². The van der Waals surface area contributed by atoms with E-state index in [0.29, 0.717) is 12.5 Å². The molecular weight excluding hydrogens is 226 g/mol. The normalized spacial score (nSPS) is 16.1. The summed E-state index contributed by atoms with van der Waals surface area (Å²) in [6.07, 6.45) is 5.99. The quantitative estimate of drug-likeness (QED) is 0.842. The van der Waals surface area contributed by atoms with E-state index in [9.17, 15) is 0 Å². The van der Waals surface area contributed by atoms with E-state index in [-0.39, 0.29) is 0 Å². The topological polar surface area (TPSA) is 47.0 Å². The lowest BCUT2D eigenvalue weighted by molar-refractivity contribution is 0.200. The first-order valence-corrected chi connectivity index (χ1v) is 6.94. The van der Waals surface area contributed by atoms with Crippen LogP contribution < -0.4 is 5.32 Å². The Labute approximate surface area is 109 Å². The monoisotopic (exact) mass is 249 g/mol. The first kappa shape index (κ1) is 13.3. The molecule has 1 aromatic heterocycles. The molecule has 1 aliphatic carbocycles. The van der Waals surface area contributed by atoms with Crippen LogP contribution in [0.5, 0.6) is 0 Å². The minimum atomic E-state index is 0.631. The molecule has 0 bridgehead atoms. The number of ether oxygens (including phenoxy) is 1. The minimum absolute atomic E-state index is 0.631. The van der Waals surface area contributed by atoms with E-state index in [1.807, 2.05) is 0 Å². The van der Waals surface area contributed by atoms with Crippen LogP contribution in [-0.2, 0) is 11.2 Å². The zero-order valence-corrected chi connectivity index (χ0v) is 11.4. The molecule has 1 N–H and O–H groups in total. The summed E-state index contributed by atoms with van der Waals surface area (Å²) in [5.74, 6) is 2.49. The molecule has 0 atom stereocenters. The Morgan fingerprint density at radius 3 is 2.78 bits per heavy atom. The highest BCUT2D eigenvalue weighted by molar-refractivity contribution is 5.37. The minimum Gasteiger partial charge on any atom is -0.384 e. The molecule has 4 nitrogen and oxygen atoms in total. The van der Waals surface area contributed by atoms with Gasteiger partial charge < -0.3 is 10.1 Å². The Balaban J connectivity index is 2.17. The fraction of sp³-hybridized carbons (Fsp3) is 0.714. The summed E-state index contributed by atoms with van der Waals surface area (Å²) in [5, 5.41) is 3.30. The number of rotatable bonds is 6. The standard InChI is InChI=1S/C14H23N3O/c1-3-15-14-10-12(11-6-4-5-7-11)16-13(17-14)8-9-18-2/h10-11H,3-9H2,1-2H3,(H,15,16,17). The fourth-order valence-corrected chi connectivity index (χ4v) is 2.53. The number of methoxy groups -OCH3 is 1. The number of aromatic nitrogens is 2. The van der Waals surface area contributed by atoms with Gasteiger partial charge in [0.2, 0.25) is 0 Å². The largest absolute Gasteiger partial charge is 0.384 e. The third-order valence-electron chi connectivity index (χ3n) is 3.45. The van der Waals surface area contributed by atoms with Crippen LogP contribution in [0.3, 0.4) is 0 Å². The van der Waals surface area contributed by atoms with Crippen molar-refractivity contribution in [1.29, 1.82) is 0 Å². The van der Waals surface area contributed by atoms with Crippen LogP contribution in [0.25, 0.3) is 0 Å². The van der Waals surface area contributed by atoms with Gasteiger partial charge in [-0.1, -0.05) is 12.8 Å². The van der Waals surface area contributed by atoms with Crippen molar-refractivity contribution in [3.63, 3.8) is 0 Å². The highest BCUT2D eigenvalue weighted by Crippen LogP contribution is 2.33. The molecule has 1 heterocycles. The van der Waals surface area contributed by atoms with E-state index >= 15 is 0 Å². The van der Waals surface area contributed by atoms with Crippen molar-refractivity contribution in [2.45, 2.75) is 44.9 Å². The Morgan fingerprint density at radius 1 is 1.33 bits per heavy atom. The van der Waals surface area contributed by atoms with Crippen molar-refractivity contribution in [2.75, 3.05) is 25.6 Å². The molecule has 2 rings (SSSR count). The van der Waals surface area contributed by atoms with Crippen LogP contribution in [0, 0.1) is 0 Å². The molecule has 1 aromatic rings. The first-order chi connectivity index (χ1) is 8.83. The summed E-state index contributed by atoms with van der Waals surface area (Å²) in [7, 11) is 1.71. The lowest BCUT2D eigenvalue weighted by Gasteiger charge is -2.13. The van der Waals surface area contributed by atoms with Crippen LogP contribution in [0.1, 0.15) is 50.0 Å². The van der Waals surface area contributed by atoms with Crippen molar-refractivity contribution in [2.24, 2.45) is 0 Å². The zero-order valence-electron chi connectivity index (χ0n) is 11.4. The van der Waals surface area contributed by atoms with Crippen molar-refractivity contribution in [1.82, 2.24) is 9.97 Å². The molecule has 0 aliphatic heterocycles. The van der Waals surface area contributed by atoms with Crippen LogP contribution >= 0.6 is 0 Å². The molecule has 18 heavy (non-hydrogen) atoms. The summed E-state index contributed by atoms with van der Waals surface area (Å²) >= 11 is 0. The molecule has 100 valence electrons. The average molecular weight is 249 g/mol. The van der Waals surface area contributed by atoms with Gasteiger partial charge in [-0.25, -0.2) is 9.97 Å². The second-order valence-electron chi connectivity index (χ2n) is 4.85. The number of hydrogen-bond acceptors (Lipinski definition) is 4. The van der Waals surface area contributed by atoms with Crippen molar-refractivity contribution in [3.8, 4) is 0 Å². The fourth-order valence-electron chi connectivity index (χ4n) is 2.53. The smallest absolute Gasteiger partial charge is 0.133 e. The maximum absolute atomic E-state index is 5.11. The van der Waals surface area contributed by atoms with Gasteiger partial charge in [0.15, 0.2) is 0 Å². The van der Waals surface area contributed by atoms with Crippen LogP contribution in [-0.4, -0.2) is 30.2 Å². The number of hydrogen-bond donors (Lipinski definition) is 1. The number of nitrogens with one attached hydrogen (secondary N) is 1. The third-order valence-corrected chi connectivity index (χ3v) is 3.45. The van der Waals surface area contributed by atoms with Crippen molar-refractivity contribution >= 4 is 5.82 Å². The highest BCUT2D eigenvalue weighted by atomic mass is 16.5. The van der Waals surface area contributed by atoms with Gasteiger partial charge in [0, 0.05) is 37.8 Å². The van der Waals surface area contributed by atoms with E-state index in [4.69, 9.17) is 9.72 Å². The van der Waals surface area contributed by atoms with Gasteiger partial charge in [-0.05, 0) is 19.8 Å². The summed E-state index contributed by atoms with van der Waals surface area (Å²) in [6, 6.07) is 2.12. The third kappa shape index (κ3) is 3.42. The van der Waals surface area contributed by atoms with Crippen LogP contribution in [0.4, 0.5) is 5.82 Å². The van der Waals surface area contributed by atoms with Crippen LogP contribution in [0.15, 0.2) is 6.07 Å². The summed E-state index contributed by atoms with van der Waals surface area (Å²) in [4.78, 5) is 9.23.